The zero-order chi connectivity index (χ0) is 23.7. The predicted molar refractivity (Wildman–Crippen MR) is 148 cm³/mol. The third kappa shape index (κ3) is 7.95. The number of thiophene rings is 2. The molecule has 2 nitrogen and oxygen atoms in total. The molecule has 1 fully saturated rings. The van der Waals surface area contributed by atoms with Crippen LogP contribution in [0.3, 0.4) is 0 Å². The minimum absolute atomic E-state index is 0.255. The Morgan fingerprint density at radius 1 is 0.636 bits per heavy atom. The zero-order valence-corrected chi connectivity index (χ0v) is 23.3. The van der Waals surface area contributed by atoms with E-state index in [-0.39, 0.29) is 18.3 Å². The molecular weight excluding hydrogens is 443 g/mol. The third-order valence-electron chi connectivity index (χ3n) is 7.29. The van der Waals surface area contributed by atoms with Crippen LogP contribution >= 0.6 is 22.7 Å². The van der Waals surface area contributed by atoms with Crippen LogP contribution in [0.25, 0.3) is 9.75 Å². The highest BCUT2D eigenvalue weighted by atomic mass is 32.1. The Morgan fingerprint density at radius 3 is 1.70 bits per heavy atom. The quantitative estimate of drug-likeness (QED) is 0.184. The van der Waals surface area contributed by atoms with Gasteiger partial charge in [0, 0.05) is 19.4 Å². The summed E-state index contributed by atoms with van der Waals surface area (Å²) in [4.78, 5) is 4.21. The lowest BCUT2D eigenvalue weighted by Crippen LogP contribution is -2.41. The molecule has 0 N–H and O–H groups in total. The summed E-state index contributed by atoms with van der Waals surface area (Å²) in [6.07, 6.45) is 18.1. The molecule has 1 aliphatic rings. The maximum Gasteiger partial charge on any atom is 0.505 e. The summed E-state index contributed by atoms with van der Waals surface area (Å²) < 4.78 is 13.6. The minimum Gasteiger partial charge on any atom is -0.399 e. The molecule has 0 aromatic carbocycles. The van der Waals surface area contributed by atoms with Gasteiger partial charge in [0.05, 0.1) is 11.2 Å². The van der Waals surface area contributed by atoms with E-state index < -0.39 is 0 Å². The van der Waals surface area contributed by atoms with E-state index in [0.29, 0.717) is 0 Å². The van der Waals surface area contributed by atoms with Crippen LogP contribution in [0.4, 0.5) is 0 Å². The Kier molecular flexibility index (Phi) is 10.6. The fourth-order valence-corrected chi connectivity index (χ4v) is 6.46. The predicted octanol–water partition coefficient (Wildman–Crippen LogP) is 9.02. The molecule has 5 heteroatoms. The van der Waals surface area contributed by atoms with E-state index in [4.69, 9.17) is 9.31 Å². The van der Waals surface area contributed by atoms with Crippen molar-refractivity contribution in [3.63, 3.8) is 0 Å². The first-order valence-electron chi connectivity index (χ1n) is 13.4. The maximum absolute atomic E-state index is 6.22. The van der Waals surface area contributed by atoms with E-state index in [0.717, 1.165) is 0 Å². The van der Waals surface area contributed by atoms with Crippen LogP contribution in [-0.2, 0) is 15.7 Å². The van der Waals surface area contributed by atoms with Crippen LogP contribution in [-0.4, -0.2) is 18.3 Å². The summed E-state index contributed by atoms with van der Waals surface area (Å²) >= 11 is 3.76. The molecule has 0 unspecified atom stereocenters. The minimum atomic E-state index is -0.286. The molecule has 2 aromatic rings. The van der Waals surface area contributed by atoms with Crippen molar-refractivity contribution in [3.8, 4) is 9.75 Å². The smallest absolute Gasteiger partial charge is 0.399 e. The van der Waals surface area contributed by atoms with Crippen molar-refractivity contribution < 1.29 is 9.31 Å². The molecule has 184 valence electrons. The van der Waals surface area contributed by atoms with Gasteiger partial charge in [-0.15, -0.1) is 22.7 Å². The van der Waals surface area contributed by atoms with Gasteiger partial charge in [0.15, 0.2) is 0 Å². The molecule has 3 heterocycles. The highest BCUT2D eigenvalue weighted by Gasteiger charge is 2.52. The van der Waals surface area contributed by atoms with Gasteiger partial charge in [0.25, 0.3) is 0 Å². The van der Waals surface area contributed by atoms with Crippen molar-refractivity contribution >= 4 is 34.6 Å². The molecule has 33 heavy (non-hydrogen) atoms. The normalized spacial score (nSPS) is 17.2. The van der Waals surface area contributed by atoms with Crippen molar-refractivity contribution in [2.24, 2.45) is 0 Å². The van der Waals surface area contributed by atoms with Crippen LogP contribution in [0.1, 0.15) is 117 Å². The summed E-state index contributed by atoms with van der Waals surface area (Å²) in [5.74, 6) is 0. The summed E-state index contributed by atoms with van der Waals surface area (Å²) in [6.45, 7) is 10.7. The van der Waals surface area contributed by atoms with E-state index in [2.05, 4.69) is 58.9 Å². The van der Waals surface area contributed by atoms with E-state index in [9.17, 15) is 0 Å². The first kappa shape index (κ1) is 27.0. The van der Waals surface area contributed by atoms with Crippen molar-refractivity contribution in [3.05, 3.63) is 29.1 Å². The highest BCUT2D eigenvalue weighted by molar-refractivity contribution is 7.28. The Hall–Kier alpha value is -0.615. The summed E-state index contributed by atoms with van der Waals surface area (Å²) in [7, 11) is -0.255. The fraction of sp³-hybridized carbons (Fsp3) is 0.714. The van der Waals surface area contributed by atoms with Gasteiger partial charge in [-0.25, -0.2) is 0 Å². The Labute approximate surface area is 211 Å². The lowest BCUT2D eigenvalue weighted by molar-refractivity contribution is 0.00578. The zero-order valence-electron chi connectivity index (χ0n) is 21.7. The second-order valence-electron chi connectivity index (χ2n) is 10.7. The maximum atomic E-state index is 6.22. The molecule has 0 bridgehead atoms. The average Bonchev–Trinajstić information content (AvgIpc) is 3.47. The first-order chi connectivity index (χ1) is 15.8. The fourth-order valence-electron chi connectivity index (χ4n) is 4.36. The van der Waals surface area contributed by atoms with Gasteiger partial charge in [-0.05, 0) is 58.7 Å². The van der Waals surface area contributed by atoms with E-state index >= 15 is 0 Å². The van der Waals surface area contributed by atoms with Gasteiger partial charge < -0.3 is 9.31 Å². The summed E-state index contributed by atoms with van der Waals surface area (Å²) in [5.41, 5.74) is -0.571. The topological polar surface area (TPSA) is 18.5 Å². The Morgan fingerprint density at radius 2 is 1.12 bits per heavy atom. The Bertz CT molecular complexity index is 807. The third-order valence-corrected chi connectivity index (χ3v) is 9.74. The molecule has 1 saturated heterocycles. The second kappa shape index (κ2) is 12.9. The van der Waals surface area contributed by atoms with Crippen molar-refractivity contribution in [1.82, 2.24) is 0 Å². The molecule has 3 rings (SSSR count). The van der Waals surface area contributed by atoms with Crippen LogP contribution in [0.15, 0.2) is 24.3 Å². The number of hydrogen-bond acceptors (Lipinski definition) is 4. The SMILES string of the molecule is CCCCCCCCCCCCCCc1ccc(-c2ccc(B3OC(C)(C)C(C)(C)O3)s2)s1. The molecule has 1 aliphatic heterocycles. The van der Waals surface area contributed by atoms with Crippen molar-refractivity contribution in [2.75, 3.05) is 0 Å². The molecule has 0 saturated carbocycles. The van der Waals surface area contributed by atoms with Crippen LogP contribution in [0.5, 0.6) is 0 Å². The standard InChI is InChI=1S/C28H45BO2S2/c1-6-7-8-9-10-11-12-13-14-15-16-17-18-23-19-20-24(32-23)25-21-22-26(33-25)29-30-27(2,3)28(4,5)31-29/h19-22H,6-18H2,1-5H3. The largest absolute Gasteiger partial charge is 0.505 e. The number of unbranched alkanes of at least 4 members (excludes halogenated alkanes) is 11. The molecule has 0 atom stereocenters. The van der Waals surface area contributed by atoms with Crippen LogP contribution in [0.2, 0.25) is 0 Å². The summed E-state index contributed by atoms with van der Waals surface area (Å²) in [6, 6.07) is 9.02. The van der Waals surface area contributed by atoms with Gasteiger partial charge in [0.2, 0.25) is 0 Å². The molecular formula is C28H45BO2S2. The monoisotopic (exact) mass is 488 g/mol. The lowest BCUT2D eigenvalue weighted by atomic mass is 9.88. The van der Waals surface area contributed by atoms with Crippen molar-refractivity contribution in [2.45, 2.75) is 129 Å². The van der Waals surface area contributed by atoms with Gasteiger partial charge >= 0.3 is 7.12 Å². The van der Waals surface area contributed by atoms with Crippen molar-refractivity contribution in [1.29, 1.82) is 0 Å². The van der Waals surface area contributed by atoms with E-state index in [1.807, 2.05) is 11.3 Å². The van der Waals surface area contributed by atoms with E-state index in [1.165, 1.54) is 103 Å². The van der Waals surface area contributed by atoms with Crippen LogP contribution < -0.4 is 4.78 Å². The highest BCUT2D eigenvalue weighted by Crippen LogP contribution is 2.38. The first-order valence-corrected chi connectivity index (χ1v) is 15.0. The number of hydrogen-bond donors (Lipinski definition) is 0. The molecule has 0 spiro atoms. The van der Waals surface area contributed by atoms with E-state index in [1.54, 1.807) is 11.3 Å². The number of rotatable bonds is 15. The lowest BCUT2D eigenvalue weighted by Gasteiger charge is -2.32. The summed E-state index contributed by atoms with van der Waals surface area (Å²) in [5, 5.41) is 0. The molecule has 2 aromatic heterocycles. The molecule has 0 amide bonds. The van der Waals surface area contributed by atoms with Crippen LogP contribution in [0, 0.1) is 0 Å². The molecule has 0 aliphatic carbocycles. The van der Waals surface area contributed by atoms with Gasteiger partial charge in [-0.1, -0.05) is 83.6 Å². The Balaban J connectivity index is 1.32. The molecule has 0 radical (unpaired) electrons. The van der Waals surface area contributed by atoms with Gasteiger partial charge in [0.1, 0.15) is 0 Å². The average molecular weight is 489 g/mol. The number of aryl methyl sites for hydroxylation is 1. The van der Waals surface area contributed by atoms with Gasteiger partial charge in [-0.2, -0.15) is 0 Å². The van der Waals surface area contributed by atoms with Gasteiger partial charge in [-0.3, -0.25) is 0 Å². The second-order valence-corrected chi connectivity index (χ2v) is 13.0.